The highest BCUT2D eigenvalue weighted by Crippen LogP contribution is 2.30. The summed E-state index contributed by atoms with van der Waals surface area (Å²) < 4.78 is 43.7. The molecule has 0 fully saturated rings. The molecule has 2 aromatic rings. The molecule has 0 spiro atoms. The van der Waals surface area contributed by atoms with E-state index in [1.807, 2.05) is 6.07 Å². The molecule has 136 valence electrons. The fourth-order valence-corrected chi connectivity index (χ4v) is 1.93. The smallest absolute Gasteiger partial charge is 0.459 e. The Labute approximate surface area is 149 Å². The van der Waals surface area contributed by atoms with E-state index in [0.29, 0.717) is 0 Å². The van der Waals surface area contributed by atoms with Gasteiger partial charge in [-0.05, 0) is 17.5 Å². The molecule has 0 saturated carbocycles. The lowest BCUT2D eigenvalue weighted by Gasteiger charge is -2.06. The van der Waals surface area contributed by atoms with Crippen LogP contribution in [0.4, 0.5) is 13.2 Å². The number of esters is 1. The normalized spacial score (nSPS) is 10.6. The molecular formula is C18H19F3O3S. The monoisotopic (exact) mass is 372 g/mol. The molecule has 2 aromatic carbocycles. The van der Waals surface area contributed by atoms with Gasteiger partial charge < -0.3 is 4.74 Å². The maximum Gasteiger partial charge on any atom is 0.467 e. The quantitative estimate of drug-likeness (QED) is 0.518. The van der Waals surface area contributed by atoms with Gasteiger partial charge in [-0.15, -0.1) is 0 Å². The van der Waals surface area contributed by atoms with Gasteiger partial charge in [-0.3, -0.25) is 4.18 Å². The van der Waals surface area contributed by atoms with E-state index in [-0.39, 0.29) is 6.61 Å². The lowest BCUT2D eigenvalue weighted by Crippen LogP contribution is -2.12. The molecule has 0 unspecified atom stereocenters. The third kappa shape index (κ3) is 11.2. The summed E-state index contributed by atoms with van der Waals surface area (Å²) in [6.07, 6.45) is 1.14. The molecular weight excluding hydrogens is 353 g/mol. The van der Waals surface area contributed by atoms with E-state index in [0.717, 1.165) is 12.0 Å². The van der Waals surface area contributed by atoms with Gasteiger partial charge in [0.05, 0.1) is 0 Å². The molecule has 0 bridgehead atoms. The number of alkyl halides is 3. The van der Waals surface area contributed by atoms with Crippen LogP contribution in [-0.4, -0.2) is 18.1 Å². The first-order chi connectivity index (χ1) is 11.9. The van der Waals surface area contributed by atoms with Crippen molar-refractivity contribution in [2.45, 2.75) is 25.5 Å². The summed E-state index contributed by atoms with van der Waals surface area (Å²) >= 11 is -0.717. The number of rotatable bonds is 6. The van der Waals surface area contributed by atoms with Crippen molar-refractivity contribution in [1.82, 2.24) is 0 Å². The van der Waals surface area contributed by atoms with Crippen LogP contribution >= 0.6 is 12.0 Å². The highest BCUT2D eigenvalue weighted by Gasteiger charge is 2.30. The molecule has 0 atom stereocenters. The van der Waals surface area contributed by atoms with Crippen molar-refractivity contribution < 1.29 is 26.9 Å². The highest BCUT2D eigenvalue weighted by molar-refractivity contribution is 7.95. The van der Waals surface area contributed by atoms with Crippen molar-refractivity contribution in [3.05, 3.63) is 71.8 Å². The second-order valence-corrected chi connectivity index (χ2v) is 5.64. The Balaban J connectivity index is 0.000000324. The van der Waals surface area contributed by atoms with E-state index in [2.05, 4.69) is 35.4 Å². The van der Waals surface area contributed by atoms with E-state index in [1.54, 1.807) is 30.3 Å². The molecule has 0 aliphatic carbocycles. The van der Waals surface area contributed by atoms with Gasteiger partial charge in [0.25, 0.3) is 0 Å². The first-order valence-corrected chi connectivity index (χ1v) is 8.25. The Morgan fingerprint density at radius 3 is 1.92 bits per heavy atom. The molecule has 0 aliphatic heterocycles. The summed E-state index contributed by atoms with van der Waals surface area (Å²) in [5, 5.41) is 0. The van der Waals surface area contributed by atoms with Gasteiger partial charge in [0.2, 0.25) is 0 Å². The minimum atomic E-state index is -4.51. The first kappa shape index (κ1) is 21.1. The zero-order chi connectivity index (χ0) is 18.5. The number of hydrogen-bond donors (Lipinski definition) is 0. The molecule has 0 aromatic heterocycles. The van der Waals surface area contributed by atoms with Crippen LogP contribution in [-0.2, 0) is 26.7 Å². The van der Waals surface area contributed by atoms with Crippen LogP contribution in [0.15, 0.2) is 60.7 Å². The largest absolute Gasteiger partial charge is 0.467 e. The molecule has 2 rings (SSSR count). The van der Waals surface area contributed by atoms with Gasteiger partial charge in [0.1, 0.15) is 18.6 Å². The summed E-state index contributed by atoms with van der Waals surface area (Å²) in [5.74, 6) is -0.842. The maximum atomic E-state index is 11.6. The zero-order valence-corrected chi connectivity index (χ0v) is 14.5. The summed E-state index contributed by atoms with van der Waals surface area (Å²) in [4.78, 5) is 11.0. The van der Waals surface area contributed by atoms with Crippen molar-refractivity contribution in [2.24, 2.45) is 0 Å². The minimum Gasteiger partial charge on any atom is -0.459 e. The average Bonchev–Trinajstić information content (AvgIpc) is 2.61. The topological polar surface area (TPSA) is 35.5 Å². The van der Waals surface area contributed by atoms with Gasteiger partial charge >= 0.3 is 11.5 Å². The third-order valence-corrected chi connectivity index (χ3v) is 3.25. The Hall–Kier alpha value is -1.99. The maximum absolute atomic E-state index is 11.6. The van der Waals surface area contributed by atoms with Crippen molar-refractivity contribution in [3.8, 4) is 0 Å². The molecule has 0 heterocycles. The molecule has 3 nitrogen and oxygen atoms in total. The summed E-state index contributed by atoms with van der Waals surface area (Å²) in [7, 11) is 0. The number of benzene rings is 2. The summed E-state index contributed by atoms with van der Waals surface area (Å²) in [6.45, 7) is 1.44. The molecule has 0 saturated heterocycles. The van der Waals surface area contributed by atoms with Crippen LogP contribution in [0.1, 0.15) is 18.1 Å². The second-order valence-electron chi connectivity index (χ2n) is 4.78. The molecule has 0 amide bonds. The lowest BCUT2D eigenvalue weighted by molar-refractivity contribution is -0.147. The van der Waals surface area contributed by atoms with E-state index in [9.17, 15) is 18.0 Å². The highest BCUT2D eigenvalue weighted by atomic mass is 32.2. The van der Waals surface area contributed by atoms with Crippen LogP contribution in [0.25, 0.3) is 0 Å². The van der Waals surface area contributed by atoms with Crippen molar-refractivity contribution in [3.63, 3.8) is 0 Å². The summed E-state index contributed by atoms with van der Waals surface area (Å²) in [5.41, 5.74) is -2.35. The first-order valence-electron chi connectivity index (χ1n) is 7.51. The van der Waals surface area contributed by atoms with Gasteiger partial charge in [-0.2, -0.15) is 13.2 Å². The Morgan fingerprint density at radius 2 is 1.48 bits per heavy atom. The van der Waals surface area contributed by atoms with Gasteiger partial charge in [0.15, 0.2) is 6.61 Å². The van der Waals surface area contributed by atoms with E-state index >= 15 is 0 Å². The van der Waals surface area contributed by atoms with E-state index < -0.39 is 30.1 Å². The SMILES string of the molecule is CCc1ccccc1.O=C(COSC(F)(F)F)OCc1ccccc1. The zero-order valence-electron chi connectivity index (χ0n) is 13.7. The van der Waals surface area contributed by atoms with Gasteiger partial charge in [0, 0.05) is 0 Å². The fourth-order valence-electron chi connectivity index (χ4n) is 1.64. The van der Waals surface area contributed by atoms with Crippen LogP contribution in [0.2, 0.25) is 0 Å². The molecule has 0 aliphatic rings. The standard InChI is InChI=1S/C10H9F3O3S.C8H10/c11-10(12,13)17-16-7-9(14)15-6-8-4-2-1-3-5-8;1-2-8-6-4-3-5-7-8/h1-5H,6-7H2;3-7H,2H2,1H3. The number of halogens is 3. The number of carbonyl (C=O) groups excluding carboxylic acids is 1. The number of hydrogen-bond acceptors (Lipinski definition) is 4. The van der Waals surface area contributed by atoms with Crippen molar-refractivity contribution in [1.29, 1.82) is 0 Å². The van der Waals surface area contributed by atoms with Crippen LogP contribution in [0, 0.1) is 0 Å². The lowest BCUT2D eigenvalue weighted by atomic mass is 10.2. The molecule has 0 radical (unpaired) electrons. The van der Waals surface area contributed by atoms with Crippen molar-refractivity contribution in [2.75, 3.05) is 6.61 Å². The van der Waals surface area contributed by atoms with Crippen molar-refractivity contribution >= 4 is 18.0 Å². The fraction of sp³-hybridized carbons (Fsp3) is 0.278. The van der Waals surface area contributed by atoms with Crippen LogP contribution in [0.5, 0.6) is 0 Å². The van der Waals surface area contributed by atoms with Crippen LogP contribution < -0.4 is 0 Å². The number of aryl methyl sites for hydroxylation is 1. The molecule has 25 heavy (non-hydrogen) atoms. The summed E-state index contributed by atoms with van der Waals surface area (Å²) in [6, 6.07) is 19.3. The Morgan fingerprint density at radius 1 is 0.960 bits per heavy atom. The predicted octanol–water partition coefficient (Wildman–Crippen LogP) is 5.16. The second kappa shape index (κ2) is 11.5. The minimum absolute atomic E-state index is 0.0136. The van der Waals surface area contributed by atoms with Gasteiger partial charge in [-0.1, -0.05) is 67.6 Å². The Bertz CT molecular complexity index is 604. The van der Waals surface area contributed by atoms with Crippen LogP contribution in [0.3, 0.4) is 0 Å². The van der Waals surface area contributed by atoms with E-state index in [1.165, 1.54) is 5.56 Å². The van der Waals surface area contributed by atoms with E-state index in [4.69, 9.17) is 4.74 Å². The Kier molecular flexibility index (Phi) is 9.72. The number of carbonyl (C=O) groups is 1. The number of ether oxygens (including phenoxy) is 1. The van der Waals surface area contributed by atoms with Gasteiger partial charge in [-0.25, -0.2) is 4.79 Å². The third-order valence-electron chi connectivity index (χ3n) is 2.82. The molecule has 7 heteroatoms. The predicted molar refractivity (Wildman–Crippen MR) is 91.7 cm³/mol. The average molecular weight is 372 g/mol. The molecule has 0 N–H and O–H groups in total.